The number of esters is 1. The van der Waals surface area contributed by atoms with Crippen LogP contribution in [0.4, 0.5) is 0 Å². The third-order valence-corrected chi connectivity index (χ3v) is 3.85. The zero-order valence-corrected chi connectivity index (χ0v) is 11.3. The van der Waals surface area contributed by atoms with Crippen LogP contribution in [0.2, 0.25) is 0 Å². The van der Waals surface area contributed by atoms with Gasteiger partial charge in [-0.1, -0.05) is 0 Å². The Bertz CT molecular complexity index is 326. The maximum absolute atomic E-state index is 11.6. The van der Waals surface area contributed by atoms with Gasteiger partial charge >= 0.3 is 5.97 Å². The van der Waals surface area contributed by atoms with Crippen LogP contribution in [0.15, 0.2) is 0 Å². The Hall–Kier alpha value is -0.620. The number of methoxy groups -OCH3 is 1. The standard InChI is InChI=1S/C10H20O5S/c1-8(9(11)15-10(2,3)4)16(12,13)7-6-14-5/h8H,6-7H2,1-5H3. The largest absolute Gasteiger partial charge is 0.459 e. The van der Waals surface area contributed by atoms with E-state index in [0.29, 0.717) is 0 Å². The van der Waals surface area contributed by atoms with Gasteiger partial charge in [0.2, 0.25) is 0 Å². The maximum Gasteiger partial charge on any atom is 0.324 e. The Kier molecular flexibility index (Phi) is 5.41. The van der Waals surface area contributed by atoms with Gasteiger partial charge in [-0.05, 0) is 27.7 Å². The first kappa shape index (κ1) is 15.4. The van der Waals surface area contributed by atoms with Crippen molar-refractivity contribution >= 4 is 15.8 Å². The average molecular weight is 252 g/mol. The van der Waals surface area contributed by atoms with E-state index < -0.39 is 26.7 Å². The Morgan fingerprint density at radius 2 is 1.81 bits per heavy atom. The van der Waals surface area contributed by atoms with Crippen LogP contribution < -0.4 is 0 Å². The second-order valence-electron chi connectivity index (χ2n) is 4.54. The molecule has 0 aliphatic heterocycles. The lowest BCUT2D eigenvalue weighted by Crippen LogP contribution is -2.36. The first-order chi connectivity index (χ1) is 7.10. The van der Waals surface area contributed by atoms with Gasteiger partial charge in [-0.2, -0.15) is 0 Å². The molecule has 0 aromatic carbocycles. The van der Waals surface area contributed by atoms with E-state index in [1.54, 1.807) is 20.8 Å². The molecule has 0 aliphatic rings. The third kappa shape index (κ3) is 5.46. The van der Waals surface area contributed by atoms with Crippen LogP contribution >= 0.6 is 0 Å². The predicted molar refractivity (Wildman–Crippen MR) is 61.0 cm³/mol. The SMILES string of the molecule is COCCS(=O)(=O)C(C)C(=O)OC(C)(C)C. The zero-order chi connectivity index (χ0) is 13.0. The van der Waals surface area contributed by atoms with E-state index in [1.807, 2.05) is 0 Å². The third-order valence-electron chi connectivity index (χ3n) is 1.85. The van der Waals surface area contributed by atoms with Gasteiger partial charge in [-0.15, -0.1) is 0 Å². The van der Waals surface area contributed by atoms with E-state index in [4.69, 9.17) is 4.74 Å². The van der Waals surface area contributed by atoms with E-state index in [2.05, 4.69) is 4.74 Å². The summed E-state index contributed by atoms with van der Waals surface area (Å²) < 4.78 is 33.0. The Morgan fingerprint density at radius 1 is 1.31 bits per heavy atom. The van der Waals surface area contributed by atoms with Gasteiger partial charge < -0.3 is 9.47 Å². The van der Waals surface area contributed by atoms with Crippen molar-refractivity contribution < 1.29 is 22.7 Å². The van der Waals surface area contributed by atoms with Crippen LogP contribution in [0, 0.1) is 0 Å². The number of hydrogen-bond acceptors (Lipinski definition) is 5. The second kappa shape index (κ2) is 5.63. The summed E-state index contributed by atoms with van der Waals surface area (Å²) in [6.45, 7) is 6.49. The highest BCUT2D eigenvalue weighted by molar-refractivity contribution is 7.92. The molecule has 0 N–H and O–H groups in total. The van der Waals surface area contributed by atoms with Crippen LogP contribution in [-0.4, -0.2) is 44.7 Å². The van der Waals surface area contributed by atoms with E-state index in [-0.39, 0.29) is 12.4 Å². The number of ether oxygens (including phenoxy) is 2. The highest BCUT2D eigenvalue weighted by atomic mass is 32.2. The molecule has 0 rings (SSSR count). The van der Waals surface area contributed by atoms with Crippen molar-refractivity contribution in [1.29, 1.82) is 0 Å². The van der Waals surface area contributed by atoms with Crippen molar-refractivity contribution in [2.75, 3.05) is 19.5 Å². The zero-order valence-electron chi connectivity index (χ0n) is 10.4. The molecule has 0 aliphatic carbocycles. The molecule has 1 atom stereocenters. The van der Waals surface area contributed by atoms with Gasteiger partial charge in [0.15, 0.2) is 15.1 Å². The Balaban J connectivity index is 4.55. The van der Waals surface area contributed by atoms with E-state index in [9.17, 15) is 13.2 Å². The van der Waals surface area contributed by atoms with E-state index in [1.165, 1.54) is 14.0 Å². The van der Waals surface area contributed by atoms with Gasteiger partial charge in [-0.25, -0.2) is 8.42 Å². The second-order valence-corrected chi connectivity index (χ2v) is 6.98. The van der Waals surface area contributed by atoms with Gasteiger partial charge in [-0.3, -0.25) is 4.79 Å². The summed E-state index contributed by atoms with van der Waals surface area (Å²) in [4.78, 5) is 11.5. The fourth-order valence-electron chi connectivity index (χ4n) is 0.908. The van der Waals surface area contributed by atoms with Gasteiger partial charge in [0.1, 0.15) is 5.60 Å². The summed E-state index contributed by atoms with van der Waals surface area (Å²) in [5, 5.41) is -1.15. The quantitative estimate of drug-likeness (QED) is 0.676. The van der Waals surface area contributed by atoms with Crippen LogP contribution in [-0.2, 0) is 24.1 Å². The Labute approximate surface area is 97.0 Å². The van der Waals surface area contributed by atoms with Gasteiger partial charge in [0.05, 0.1) is 12.4 Å². The minimum atomic E-state index is -3.49. The van der Waals surface area contributed by atoms with Crippen molar-refractivity contribution in [2.45, 2.75) is 38.5 Å². The number of rotatable bonds is 5. The summed E-state index contributed by atoms with van der Waals surface area (Å²) in [7, 11) is -2.08. The summed E-state index contributed by atoms with van der Waals surface area (Å²) in [5.41, 5.74) is -0.678. The fourth-order valence-corrected chi connectivity index (χ4v) is 2.00. The molecule has 5 nitrogen and oxygen atoms in total. The van der Waals surface area contributed by atoms with E-state index in [0.717, 1.165) is 0 Å². The molecule has 0 fully saturated rings. The van der Waals surface area contributed by atoms with E-state index >= 15 is 0 Å². The maximum atomic E-state index is 11.6. The van der Waals surface area contributed by atoms with Crippen LogP contribution in [0.25, 0.3) is 0 Å². The molecule has 6 heteroatoms. The first-order valence-electron chi connectivity index (χ1n) is 5.03. The minimum Gasteiger partial charge on any atom is -0.459 e. The molecule has 0 radical (unpaired) electrons. The van der Waals surface area contributed by atoms with Crippen molar-refractivity contribution in [1.82, 2.24) is 0 Å². The molecule has 0 aromatic heterocycles. The molecule has 1 unspecified atom stereocenters. The lowest BCUT2D eigenvalue weighted by molar-refractivity contribution is -0.153. The fraction of sp³-hybridized carbons (Fsp3) is 0.900. The van der Waals surface area contributed by atoms with Crippen LogP contribution in [0.1, 0.15) is 27.7 Å². The predicted octanol–water partition coefficient (Wildman–Crippen LogP) is 0.778. The number of hydrogen-bond donors (Lipinski definition) is 0. The molecule has 0 saturated heterocycles. The topological polar surface area (TPSA) is 69.7 Å². The summed E-state index contributed by atoms with van der Waals surface area (Å²) in [5.74, 6) is -0.896. The molecule has 0 aromatic rings. The smallest absolute Gasteiger partial charge is 0.324 e. The lowest BCUT2D eigenvalue weighted by Gasteiger charge is -2.22. The average Bonchev–Trinajstić information content (AvgIpc) is 2.10. The van der Waals surface area contributed by atoms with Crippen molar-refractivity contribution in [3.8, 4) is 0 Å². The van der Waals surface area contributed by atoms with Crippen molar-refractivity contribution in [2.24, 2.45) is 0 Å². The van der Waals surface area contributed by atoms with Gasteiger partial charge in [0.25, 0.3) is 0 Å². The number of carbonyl (C=O) groups is 1. The minimum absolute atomic E-state index is 0.0788. The van der Waals surface area contributed by atoms with Crippen LogP contribution in [0.5, 0.6) is 0 Å². The number of sulfone groups is 1. The molecular weight excluding hydrogens is 232 g/mol. The molecule has 0 amide bonds. The first-order valence-corrected chi connectivity index (χ1v) is 6.75. The molecule has 0 saturated carbocycles. The highest BCUT2D eigenvalue weighted by Crippen LogP contribution is 2.12. The van der Waals surface area contributed by atoms with Gasteiger partial charge in [0, 0.05) is 7.11 Å². The molecule has 16 heavy (non-hydrogen) atoms. The molecule has 96 valence electrons. The lowest BCUT2D eigenvalue weighted by atomic mass is 10.2. The monoisotopic (exact) mass is 252 g/mol. The van der Waals surface area contributed by atoms with Crippen molar-refractivity contribution in [3.05, 3.63) is 0 Å². The van der Waals surface area contributed by atoms with Crippen molar-refractivity contribution in [3.63, 3.8) is 0 Å². The molecule has 0 heterocycles. The Morgan fingerprint density at radius 3 is 2.19 bits per heavy atom. The normalized spacial score (nSPS) is 14.6. The number of carbonyl (C=O) groups excluding carboxylic acids is 1. The van der Waals surface area contributed by atoms with Crippen LogP contribution in [0.3, 0.4) is 0 Å². The summed E-state index contributed by atoms with van der Waals surface area (Å²) in [6.07, 6.45) is 0. The molecule has 0 bridgehead atoms. The highest BCUT2D eigenvalue weighted by Gasteiger charge is 2.31. The summed E-state index contributed by atoms with van der Waals surface area (Å²) in [6, 6.07) is 0. The molecule has 0 spiro atoms. The molecular formula is C10H20O5S. The summed E-state index contributed by atoms with van der Waals surface area (Å²) >= 11 is 0.